The predicted molar refractivity (Wildman–Crippen MR) is 79.3 cm³/mol. The van der Waals surface area contributed by atoms with Crippen molar-refractivity contribution < 1.29 is 4.79 Å². The highest BCUT2D eigenvalue weighted by molar-refractivity contribution is 8.00. The van der Waals surface area contributed by atoms with Crippen molar-refractivity contribution in [3.8, 4) is 0 Å². The molecule has 0 heterocycles. The van der Waals surface area contributed by atoms with Gasteiger partial charge in [0.15, 0.2) is 0 Å². The van der Waals surface area contributed by atoms with Gasteiger partial charge >= 0.3 is 0 Å². The van der Waals surface area contributed by atoms with E-state index in [1.165, 1.54) is 11.8 Å². The van der Waals surface area contributed by atoms with Crippen molar-refractivity contribution in [1.29, 1.82) is 0 Å². The molecule has 0 spiro atoms. The van der Waals surface area contributed by atoms with Crippen LogP contribution >= 0.6 is 23.4 Å². The van der Waals surface area contributed by atoms with Gasteiger partial charge in [-0.05, 0) is 29.8 Å². The van der Waals surface area contributed by atoms with Gasteiger partial charge in [0.05, 0.1) is 5.75 Å². The molecule has 1 radical (unpaired) electrons. The third-order valence-electron chi connectivity index (χ3n) is 2.49. The SMILES string of the molecule is O=C(CSc1cc[c]cc1)NCc1ccccc1Cl. The quantitative estimate of drug-likeness (QED) is 0.853. The summed E-state index contributed by atoms with van der Waals surface area (Å²) in [4.78, 5) is 12.8. The minimum absolute atomic E-state index is 0.00208. The minimum Gasteiger partial charge on any atom is -0.351 e. The van der Waals surface area contributed by atoms with Gasteiger partial charge in [-0.1, -0.05) is 41.9 Å². The number of thioether (sulfide) groups is 1. The van der Waals surface area contributed by atoms with E-state index in [0.717, 1.165) is 10.5 Å². The Morgan fingerprint density at radius 1 is 1.21 bits per heavy atom. The van der Waals surface area contributed by atoms with Gasteiger partial charge in [0.1, 0.15) is 0 Å². The highest BCUT2D eigenvalue weighted by Gasteiger charge is 2.04. The molecule has 2 nitrogen and oxygen atoms in total. The lowest BCUT2D eigenvalue weighted by Gasteiger charge is -2.06. The number of nitrogens with one attached hydrogen (secondary N) is 1. The molecule has 0 saturated heterocycles. The summed E-state index contributed by atoms with van der Waals surface area (Å²) in [5.41, 5.74) is 0.928. The summed E-state index contributed by atoms with van der Waals surface area (Å²) in [7, 11) is 0. The van der Waals surface area contributed by atoms with Gasteiger partial charge in [-0.3, -0.25) is 4.79 Å². The smallest absolute Gasteiger partial charge is 0.230 e. The van der Waals surface area contributed by atoms with Crippen molar-refractivity contribution in [1.82, 2.24) is 5.32 Å². The van der Waals surface area contributed by atoms with Crippen molar-refractivity contribution >= 4 is 29.3 Å². The molecule has 0 fully saturated rings. The van der Waals surface area contributed by atoms with Crippen molar-refractivity contribution in [2.75, 3.05) is 5.75 Å². The number of rotatable bonds is 5. The average Bonchev–Trinajstić information content (AvgIpc) is 2.45. The Hall–Kier alpha value is -1.45. The van der Waals surface area contributed by atoms with Crippen molar-refractivity contribution in [2.24, 2.45) is 0 Å². The number of hydrogen-bond acceptors (Lipinski definition) is 2. The summed E-state index contributed by atoms with van der Waals surface area (Å²) >= 11 is 7.52. The van der Waals surface area contributed by atoms with E-state index in [9.17, 15) is 4.79 Å². The van der Waals surface area contributed by atoms with Crippen LogP contribution in [-0.2, 0) is 11.3 Å². The molecule has 19 heavy (non-hydrogen) atoms. The highest BCUT2D eigenvalue weighted by Crippen LogP contribution is 2.17. The number of carbonyl (C=O) groups excluding carboxylic acids is 1. The molecule has 0 aliphatic carbocycles. The van der Waals surface area contributed by atoms with Gasteiger partial charge in [-0.2, -0.15) is 0 Å². The van der Waals surface area contributed by atoms with Crippen LogP contribution in [0.3, 0.4) is 0 Å². The molecule has 2 aromatic carbocycles. The number of amides is 1. The summed E-state index contributed by atoms with van der Waals surface area (Å²) in [6, 6.07) is 18.0. The molecule has 0 bridgehead atoms. The summed E-state index contributed by atoms with van der Waals surface area (Å²) < 4.78 is 0. The van der Waals surface area contributed by atoms with Crippen LogP contribution in [0.1, 0.15) is 5.56 Å². The predicted octanol–water partition coefficient (Wildman–Crippen LogP) is 3.55. The summed E-state index contributed by atoms with van der Waals surface area (Å²) in [6.45, 7) is 0.460. The van der Waals surface area contributed by atoms with E-state index in [4.69, 9.17) is 11.6 Å². The topological polar surface area (TPSA) is 29.1 Å². The second-order valence-electron chi connectivity index (χ2n) is 3.89. The fourth-order valence-corrected chi connectivity index (χ4v) is 2.43. The van der Waals surface area contributed by atoms with E-state index in [1.54, 1.807) is 0 Å². The molecule has 0 atom stereocenters. The molecule has 0 aliphatic heterocycles. The van der Waals surface area contributed by atoms with Gasteiger partial charge in [0, 0.05) is 16.5 Å². The summed E-state index contributed by atoms with van der Waals surface area (Å²) in [6.07, 6.45) is 0. The van der Waals surface area contributed by atoms with E-state index >= 15 is 0 Å². The molecule has 2 aromatic rings. The second kappa shape index (κ2) is 7.22. The Labute approximate surface area is 122 Å². The first-order chi connectivity index (χ1) is 9.25. The monoisotopic (exact) mass is 290 g/mol. The lowest BCUT2D eigenvalue weighted by molar-refractivity contribution is -0.118. The summed E-state index contributed by atoms with van der Waals surface area (Å²) in [5, 5.41) is 3.53. The van der Waals surface area contributed by atoms with Crippen molar-refractivity contribution in [3.05, 3.63) is 65.2 Å². The van der Waals surface area contributed by atoms with Crippen LogP contribution in [0, 0.1) is 6.07 Å². The number of benzene rings is 2. The molecule has 0 unspecified atom stereocenters. The molecular weight excluding hydrogens is 278 g/mol. The fraction of sp³-hybridized carbons (Fsp3) is 0.133. The summed E-state index contributed by atoms with van der Waals surface area (Å²) in [5.74, 6) is 0.395. The van der Waals surface area contributed by atoms with Crippen LogP contribution in [0.4, 0.5) is 0 Å². The van der Waals surface area contributed by atoms with Crippen LogP contribution in [0.2, 0.25) is 5.02 Å². The first-order valence-corrected chi connectivity index (χ1v) is 7.21. The van der Waals surface area contributed by atoms with Gasteiger partial charge in [0.2, 0.25) is 5.91 Å². The third kappa shape index (κ3) is 4.62. The maximum absolute atomic E-state index is 11.7. The van der Waals surface area contributed by atoms with Crippen molar-refractivity contribution in [2.45, 2.75) is 11.4 Å². The Kier molecular flexibility index (Phi) is 5.31. The largest absolute Gasteiger partial charge is 0.351 e. The maximum Gasteiger partial charge on any atom is 0.230 e. The van der Waals surface area contributed by atoms with Gasteiger partial charge in [-0.15, -0.1) is 11.8 Å². The van der Waals surface area contributed by atoms with Crippen molar-refractivity contribution in [3.63, 3.8) is 0 Å². The van der Waals surface area contributed by atoms with Crippen LogP contribution in [-0.4, -0.2) is 11.7 Å². The van der Waals surface area contributed by atoms with E-state index in [-0.39, 0.29) is 5.91 Å². The normalized spacial score (nSPS) is 10.2. The number of hydrogen-bond donors (Lipinski definition) is 1. The minimum atomic E-state index is -0.00208. The lowest BCUT2D eigenvalue weighted by atomic mass is 10.2. The maximum atomic E-state index is 11.7. The number of carbonyl (C=O) groups is 1. The Bertz CT molecular complexity index is 545. The Balaban J connectivity index is 1.78. The lowest BCUT2D eigenvalue weighted by Crippen LogP contribution is -2.24. The van der Waals surface area contributed by atoms with Gasteiger partial charge in [-0.25, -0.2) is 0 Å². The second-order valence-corrected chi connectivity index (χ2v) is 5.35. The molecule has 0 aromatic heterocycles. The van der Waals surface area contributed by atoms with E-state index in [0.29, 0.717) is 17.3 Å². The average molecular weight is 291 g/mol. The van der Waals surface area contributed by atoms with Gasteiger partial charge in [0.25, 0.3) is 0 Å². The number of halogens is 1. The van der Waals surface area contributed by atoms with Crippen LogP contribution in [0.15, 0.2) is 53.4 Å². The molecule has 4 heteroatoms. The molecule has 0 saturated carbocycles. The first-order valence-electron chi connectivity index (χ1n) is 5.85. The zero-order valence-electron chi connectivity index (χ0n) is 10.2. The van der Waals surface area contributed by atoms with E-state index < -0.39 is 0 Å². The first kappa shape index (κ1) is 14.0. The Morgan fingerprint density at radius 2 is 1.95 bits per heavy atom. The van der Waals surface area contributed by atoms with Crippen LogP contribution in [0.25, 0.3) is 0 Å². The third-order valence-corrected chi connectivity index (χ3v) is 3.87. The van der Waals surface area contributed by atoms with Crippen LogP contribution in [0.5, 0.6) is 0 Å². The fourth-order valence-electron chi connectivity index (χ4n) is 1.50. The molecule has 1 N–H and O–H groups in total. The zero-order chi connectivity index (χ0) is 13.5. The highest BCUT2D eigenvalue weighted by atomic mass is 35.5. The van der Waals surface area contributed by atoms with Gasteiger partial charge < -0.3 is 5.32 Å². The Morgan fingerprint density at radius 3 is 2.68 bits per heavy atom. The van der Waals surface area contributed by atoms with E-state index in [1.807, 2.05) is 48.5 Å². The van der Waals surface area contributed by atoms with E-state index in [2.05, 4.69) is 11.4 Å². The van der Waals surface area contributed by atoms with Crippen LogP contribution < -0.4 is 5.32 Å². The molecule has 0 aliphatic rings. The molecule has 2 rings (SSSR count). The zero-order valence-corrected chi connectivity index (χ0v) is 11.8. The molecule has 97 valence electrons. The molecule has 1 amide bonds. The standard InChI is InChI=1S/C15H13ClNOS/c16-14-9-5-4-6-12(14)10-17-15(18)11-19-13-7-2-1-3-8-13/h2-9H,10-11H2,(H,17,18). The molecular formula is C15H13ClNOS.